The Bertz CT molecular complexity index is 235. The first kappa shape index (κ1) is 13.5. The van der Waals surface area contributed by atoms with Crippen LogP contribution in [0.3, 0.4) is 0 Å². The minimum atomic E-state index is -0.758. The van der Waals surface area contributed by atoms with Crippen molar-refractivity contribution in [3.8, 4) is 0 Å². The summed E-state index contributed by atoms with van der Waals surface area (Å²) in [5, 5.41) is 11.8. The Balaban J connectivity index is 2.39. The molecule has 1 aliphatic heterocycles. The van der Waals surface area contributed by atoms with Crippen molar-refractivity contribution in [2.75, 3.05) is 26.7 Å². The highest BCUT2D eigenvalue weighted by atomic mass is 16.4. The Hall–Kier alpha value is -0.610. The zero-order valence-corrected chi connectivity index (χ0v) is 10.6. The maximum absolute atomic E-state index is 10.9. The number of likely N-dealkylation sites (tertiary alicyclic amines) is 1. The van der Waals surface area contributed by atoms with Crippen molar-refractivity contribution in [3.63, 3.8) is 0 Å². The van der Waals surface area contributed by atoms with Crippen LogP contribution in [0.5, 0.6) is 0 Å². The molecule has 1 saturated heterocycles. The Morgan fingerprint density at radius 3 is 2.44 bits per heavy atom. The summed E-state index contributed by atoms with van der Waals surface area (Å²) >= 11 is 0. The second-order valence-corrected chi connectivity index (χ2v) is 5.14. The molecule has 1 aliphatic rings. The van der Waals surface area contributed by atoms with Gasteiger partial charge in [0.2, 0.25) is 0 Å². The summed E-state index contributed by atoms with van der Waals surface area (Å²) in [6, 6.07) is -0.439. The summed E-state index contributed by atoms with van der Waals surface area (Å²) < 4.78 is 0. The molecule has 0 aromatic rings. The van der Waals surface area contributed by atoms with Gasteiger partial charge in [-0.25, -0.2) is 0 Å². The molecule has 94 valence electrons. The third kappa shape index (κ3) is 3.46. The Morgan fingerprint density at radius 1 is 1.50 bits per heavy atom. The number of likely N-dealkylation sites (N-methyl/N-ethyl adjacent to an activating group) is 1. The van der Waals surface area contributed by atoms with Crippen LogP contribution in [0.4, 0.5) is 0 Å². The molecule has 0 saturated carbocycles. The first-order valence-electron chi connectivity index (χ1n) is 6.13. The van der Waals surface area contributed by atoms with Gasteiger partial charge in [-0.2, -0.15) is 0 Å². The van der Waals surface area contributed by atoms with Gasteiger partial charge in [0, 0.05) is 6.54 Å². The number of hydrogen-bond donors (Lipinski definition) is 2. The smallest absolute Gasteiger partial charge is 0.322 e. The summed E-state index contributed by atoms with van der Waals surface area (Å²) in [6.45, 7) is 7.23. The Kier molecular flexibility index (Phi) is 4.74. The van der Waals surface area contributed by atoms with Gasteiger partial charge in [-0.3, -0.25) is 4.79 Å². The van der Waals surface area contributed by atoms with E-state index in [-0.39, 0.29) is 0 Å². The number of carboxylic acid groups (broad SMARTS) is 1. The predicted octanol–water partition coefficient (Wildman–Crippen LogP) is 1.17. The molecule has 0 aromatic heterocycles. The minimum Gasteiger partial charge on any atom is -0.480 e. The first-order valence-corrected chi connectivity index (χ1v) is 6.13. The molecule has 2 N–H and O–H groups in total. The zero-order chi connectivity index (χ0) is 12.2. The monoisotopic (exact) mass is 228 g/mol. The number of carboxylic acids is 1. The molecular weight excluding hydrogens is 204 g/mol. The Labute approximate surface area is 98.0 Å². The van der Waals surface area contributed by atoms with E-state index in [9.17, 15) is 4.79 Å². The lowest BCUT2D eigenvalue weighted by molar-refractivity contribution is -0.140. The maximum atomic E-state index is 10.9. The van der Waals surface area contributed by atoms with Gasteiger partial charge in [-0.15, -0.1) is 0 Å². The molecule has 16 heavy (non-hydrogen) atoms. The number of hydrogen-bond acceptors (Lipinski definition) is 3. The van der Waals surface area contributed by atoms with Gasteiger partial charge in [0.15, 0.2) is 0 Å². The molecule has 1 fully saturated rings. The summed E-state index contributed by atoms with van der Waals surface area (Å²) in [4.78, 5) is 13.2. The lowest BCUT2D eigenvalue weighted by Gasteiger charge is -2.39. The average Bonchev–Trinajstić information content (AvgIpc) is 2.28. The van der Waals surface area contributed by atoms with Gasteiger partial charge in [0.05, 0.1) is 0 Å². The van der Waals surface area contributed by atoms with Crippen molar-refractivity contribution < 1.29 is 9.90 Å². The average molecular weight is 228 g/mol. The second-order valence-electron chi connectivity index (χ2n) is 5.14. The Morgan fingerprint density at radius 2 is 2.06 bits per heavy atom. The van der Waals surface area contributed by atoms with Crippen molar-refractivity contribution in [1.29, 1.82) is 0 Å². The van der Waals surface area contributed by atoms with Crippen LogP contribution >= 0.6 is 0 Å². The van der Waals surface area contributed by atoms with Gasteiger partial charge in [0.1, 0.15) is 6.04 Å². The molecule has 1 rings (SSSR count). The van der Waals surface area contributed by atoms with E-state index in [4.69, 9.17) is 5.11 Å². The van der Waals surface area contributed by atoms with E-state index in [0.717, 1.165) is 13.1 Å². The molecule has 0 spiro atoms. The zero-order valence-electron chi connectivity index (χ0n) is 10.6. The van der Waals surface area contributed by atoms with Crippen LogP contribution in [-0.2, 0) is 4.79 Å². The number of nitrogens with one attached hydrogen (secondary N) is 1. The summed E-state index contributed by atoms with van der Waals surface area (Å²) in [7, 11) is 1.71. The summed E-state index contributed by atoms with van der Waals surface area (Å²) in [6.07, 6.45) is 3.58. The minimum absolute atomic E-state index is 0.439. The highest BCUT2D eigenvalue weighted by Gasteiger charge is 2.29. The lowest BCUT2D eigenvalue weighted by Crippen LogP contribution is -2.48. The highest BCUT2D eigenvalue weighted by Crippen LogP contribution is 2.33. The molecule has 0 aromatic carbocycles. The van der Waals surface area contributed by atoms with Crippen LogP contribution in [0.25, 0.3) is 0 Å². The topological polar surface area (TPSA) is 52.6 Å². The molecular formula is C12H24N2O2. The van der Waals surface area contributed by atoms with Crippen LogP contribution in [0.2, 0.25) is 0 Å². The molecule has 4 heteroatoms. The van der Waals surface area contributed by atoms with E-state index >= 15 is 0 Å². The fourth-order valence-corrected chi connectivity index (χ4v) is 2.18. The highest BCUT2D eigenvalue weighted by molar-refractivity contribution is 5.73. The molecule has 0 radical (unpaired) electrons. The third-order valence-corrected chi connectivity index (χ3v) is 4.00. The van der Waals surface area contributed by atoms with Crippen molar-refractivity contribution in [3.05, 3.63) is 0 Å². The van der Waals surface area contributed by atoms with Crippen LogP contribution < -0.4 is 5.32 Å². The van der Waals surface area contributed by atoms with E-state index in [2.05, 4.69) is 24.1 Å². The van der Waals surface area contributed by atoms with Crippen LogP contribution in [0.1, 0.15) is 33.1 Å². The van der Waals surface area contributed by atoms with Crippen molar-refractivity contribution >= 4 is 5.97 Å². The normalized spacial score (nSPS) is 22.9. The van der Waals surface area contributed by atoms with Crippen LogP contribution in [-0.4, -0.2) is 48.7 Å². The van der Waals surface area contributed by atoms with E-state index in [1.807, 2.05) is 0 Å². The summed E-state index contributed by atoms with van der Waals surface area (Å²) in [5.74, 6) is -0.758. The SMILES string of the molecule is CCC1(C)CCN(CC(NC)C(=O)O)CC1. The van der Waals surface area contributed by atoms with E-state index in [1.165, 1.54) is 19.3 Å². The molecule has 0 amide bonds. The fraction of sp³-hybridized carbons (Fsp3) is 0.917. The standard InChI is InChI=1S/C12H24N2O2/c1-4-12(2)5-7-14(8-6-12)9-10(13-3)11(15)16/h10,13H,4-9H2,1-3H3,(H,15,16). The van der Waals surface area contributed by atoms with E-state index < -0.39 is 12.0 Å². The third-order valence-electron chi connectivity index (χ3n) is 4.00. The first-order chi connectivity index (χ1) is 7.50. The number of piperidine rings is 1. The molecule has 1 unspecified atom stereocenters. The van der Waals surface area contributed by atoms with Gasteiger partial charge in [0.25, 0.3) is 0 Å². The number of nitrogens with zero attached hydrogens (tertiary/aromatic N) is 1. The van der Waals surface area contributed by atoms with Gasteiger partial charge >= 0.3 is 5.97 Å². The van der Waals surface area contributed by atoms with Crippen molar-refractivity contribution in [1.82, 2.24) is 10.2 Å². The largest absolute Gasteiger partial charge is 0.480 e. The van der Waals surface area contributed by atoms with Crippen molar-refractivity contribution in [2.45, 2.75) is 39.2 Å². The van der Waals surface area contributed by atoms with Crippen LogP contribution in [0, 0.1) is 5.41 Å². The number of aliphatic carboxylic acids is 1. The number of rotatable bonds is 5. The summed E-state index contributed by atoms with van der Waals surface area (Å²) in [5.41, 5.74) is 0.467. The maximum Gasteiger partial charge on any atom is 0.322 e. The predicted molar refractivity (Wildman–Crippen MR) is 64.6 cm³/mol. The van der Waals surface area contributed by atoms with E-state index in [0.29, 0.717) is 12.0 Å². The lowest BCUT2D eigenvalue weighted by atomic mass is 9.78. The molecule has 1 atom stereocenters. The molecule has 0 aliphatic carbocycles. The second kappa shape index (κ2) is 5.64. The number of carbonyl (C=O) groups is 1. The van der Waals surface area contributed by atoms with Gasteiger partial charge < -0.3 is 15.3 Å². The fourth-order valence-electron chi connectivity index (χ4n) is 2.18. The van der Waals surface area contributed by atoms with Gasteiger partial charge in [-0.05, 0) is 38.4 Å². The van der Waals surface area contributed by atoms with Gasteiger partial charge in [-0.1, -0.05) is 20.3 Å². The van der Waals surface area contributed by atoms with E-state index in [1.54, 1.807) is 7.05 Å². The quantitative estimate of drug-likeness (QED) is 0.741. The van der Waals surface area contributed by atoms with Crippen LogP contribution in [0.15, 0.2) is 0 Å². The molecule has 1 heterocycles. The molecule has 0 bridgehead atoms. The van der Waals surface area contributed by atoms with Crippen molar-refractivity contribution in [2.24, 2.45) is 5.41 Å². The molecule has 4 nitrogen and oxygen atoms in total.